The van der Waals surface area contributed by atoms with Crippen LogP contribution in [0.5, 0.6) is 0 Å². The van der Waals surface area contributed by atoms with Gasteiger partial charge in [-0.05, 0) is 256 Å². The van der Waals surface area contributed by atoms with Crippen molar-refractivity contribution in [3.05, 3.63) is 272 Å². The number of hydrogen-bond donors (Lipinski definition) is 0. The van der Waals surface area contributed by atoms with Crippen LogP contribution in [-0.2, 0) is 34.1 Å². The number of rotatable bonds is 20. The van der Waals surface area contributed by atoms with Crippen LogP contribution in [-0.4, -0.2) is 115 Å². The molecule has 0 aliphatic heterocycles. The zero-order chi connectivity index (χ0) is 82.6. The van der Waals surface area contributed by atoms with Crippen molar-refractivity contribution < 1.29 is 34.1 Å². The van der Waals surface area contributed by atoms with Gasteiger partial charge in [0.2, 0.25) is 0 Å². The molecule has 4 aliphatic rings. The summed E-state index contributed by atoms with van der Waals surface area (Å²) in [7, 11) is 8.61. The molecule has 0 radical (unpaired) electrons. The molecule has 0 spiro atoms. The van der Waals surface area contributed by atoms with Gasteiger partial charge in [0, 0.05) is 12.1 Å². The Morgan fingerprint density at radius 2 is 0.403 bits per heavy atom. The molecule has 0 saturated heterocycles. The standard InChI is InChI=1S/2C27H40P2.2C21H28NP.C8H19P.4CH3.2Fe/c2*1-21(29(26(2,3)4)27(5,6)7)24-19-14-20-25(24)28(22-15-10-8-11-16-22)23-17-12-9-13-18-23;2*1-17(22(2)3)20-15-10-16-21(20)23(18-11-6-4-7-12-18)19-13-8-5-9-14-19;1-7(2,3)9-8(4,5)6;;;;;;/h2*8-13,15-18,21,24-25H,14,19-20H2,1-7H3;2*4-9,11-14,17,20-21H,10,15-16H2,1-3H3;9H,1-6H3;4*1H3;;/q;;;;;4*-1;2*+2/t2*21-,24?,25?;2*17-,20?,21?;;;;;;;/m0000......./s1. The van der Waals surface area contributed by atoms with Crippen molar-refractivity contribution in [2.24, 2.45) is 23.7 Å². The van der Waals surface area contributed by atoms with Gasteiger partial charge in [-0.25, -0.2) is 0 Å². The average Bonchev–Trinajstić information content (AvgIpc) is 1.73. The fourth-order valence-corrected chi connectivity index (χ4v) is 47.0. The molecule has 12 rings (SSSR count). The summed E-state index contributed by atoms with van der Waals surface area (Å²) in [5.41, 5.74) is 4.81. The van der Waals surface area contributed by atoms with E-state index >= 15 is 0 Å². The van der Waals surface area contributed by atoms with Gasteiger partial charge in [-0.2, -0.15) is 0 Å². The maximum atomic E-state index is 2.61. The second kappa shape index (κ2) is 52.3. The molecule has 8 aromatic carbocycles. The van der Waals surface area contributed by atoms with E-state index in [0.717, 1.165) is 66.2 Å². The summed E-state index contributed by atoms with van der Waals surface area (Å²) in [6.07, 6.45) is 16.7. The largest absolute Gasteiger partial charge is 2.00 e. The van der Waals surface area contributed by atoms with Crippen LogP contribution in [0, 0.1) is 53.4 Å². The quantitative estimate of drug-likeness (QED) is 0.0426. The van der Waals surface area contributed by atoms with E-state index in [1.165, 1.54) is 98.3 Å². The molecule has 0 N–H and O–H groups in total. The second-order valence-electron chi connectivity index (χ2n) is 39.8. The van der Waals surface area contributed by atoms with Gasteiger partial charge in [0.1, 0.15) is 0 Å². The van der Waals surface area contributed by atoms with Gasteiger partial charge in [0.05, 0.1) is 0 Å². The monoisotopic (exact) mass is 1820 g/mol. The Bertz CT molecular complexity index is 3490. The van der Waals surface area contributed by atoms with Gasteiger partial charge < -0.3 is 39.5 Å². The Morgan fingerprint density at radius 3 is 0.538 bits per heavy atom. The topological polar surface area (TPSA) is 6.48 Å². The molecule has 0 amide bonds. The predicted molar refractivity (Wildman–Crippen MR) is 552 cm³/mol. The molecule has 0 bridgehead atoms. The third kappa shape index (κ3) is 33.4. The molecule has 2 nitrogen and oxygen atoms in total. The van der Waals surface area contributed by atoms with E-state index in [1.807, 2.05) is 0 Å². The zero-order valence-electron chi connectivity index (χ0n) is 80.3. The summed E-state index contributed by atoms with van der Waals surface area (Å²) >= 11 is 0. The molecule has 660 valence electrons. The molecule has 0 heterocycles. The van der Waals surface area contributed by atoms with Gasteiger partial charge in [0.15, 0.2) is 0 Å². The van der Waals surface area contributed by atoms with Gasteiger partial charge >= 0.3 is 34.1 Å². The second-order valence-corrected chi connectivity index (χ2v) is 61.2. The third-order valence-electron chi connectivity index (χ3n) is 24.3. The average molecular weight is 1820 g/mol. The van der Waals surface area contributed by atoms with Crippen LogP contribution in [0.15, 0.2) is 243 Å². The molecule has 4 saturated carbocycles. The van der Waals surface area contributed by atoms with Crippen molar-refractivity contribution in [2.45, 2.75) is 306 Å². The molecule has 12 atom stereocenters. The SMILES string of the molecule is CC(C)(C)PC(C)(C)C.C[C@@H](C1CCCC1P(c1ccccc1)c1ccccc1)N(C)C.C[C@@H](C1CCCC1P(c1ccccc1)c1ccccc1)N(C)C.C[C@@H](C1CCCC1P(c1ccccc1)c1ccccc1)P(C(C)(C)C)C(C)(C)C.C[C@@H](C1CCCC1P(c1ccccc1)c1ccccc1)P(C(C)(C)C)C(C)(C)C.[CH3-].[CH3-].[CH3-].[CH3-].[Fe+2].[Fe+2]. The van der Waals surface area contributed by atoms with Gasteiger partial charge in [0.25, 0.3) is 0 Å². The molecule has 119 heavy (non-hydrogen) atoms. The maximum Gasteiger partial charge on any atom is 2.00 e. The van der Waals surface area contributed by atoms with Crippen LogP contribution < -0.4 is 42.4 Å². The summed E-state index contributed by atoms with van der Waals surface area (Å²) in [6.45, 7) is 53.7. The predicted octanol–water partition coefficient (Wildman–Crippen LogP) is 29.0. The van der Waals surface area contributed by atoms with E-state index in [1.54, 1.807) is 21.2 Å². The van der Waals surface area contributed by atoms with Gasteiger partial charge in [-0.15, -0.1) is 8.58 Å². The minimum absolute atomic E-state index is 0. The Morgan fingerprint density at radius 1 is 0.252 bits per heavy atom. The Labute approximate surface area is 766 Å². The van der Waals surface area contributed by atoms with Gasteiger partial charge in [-0.3, -0.25) is 0 Å². The fraction of sp³-hybridized carbons (Fsp3) is 0.519. The smallest absolute Gasteiger partial charge is 0.358 e. The summed E-state index contributed by atoms with van der Waals surface area (Å²) in [5, 5.41) is 15.0. The minimum atomic E-state index is -0.310. The van der Waals surface area contributed by atoms with Gasteiger partial charge in [-0.1, -0.05) is 423 Å². The van der Waals surface area contributed by atoms with Crippen molar-refractivity contribution in [1.29, 1.82) is 0 Å². The van der Waals surface area contributed by atoms with E-state index in [-0.39, 0.29) is 111 Å². The Kier molecular flexibility index (Phi) is 49.5. The molecule has 4 fully saturated rings. The first-order chi connectivity index (χ1) is 53.3. The summed E-state index contributed by atoms with van der Waals surface area (Å²) < 4.78 is 0. The van der Waals surface area contributed by atoms with Crippen molar-refractivity contribution in [1.82, 2.24) is 9.80 Å². The van der Waals surface area contributed by atoms with E-state index in [4.69, 9.17) is 0 Å². The van der Waals surface area contributed by atoms with Crippen molar-refractivity contribution in [3.63, 3.8) is 0 Å². The van der Waals surface area contributed by atoms with Crippen LogP contribution in [0.2, 0.25) is 0 Å². The normalized spacial score (nSPS) is 20.4. The number of hydrogen-bond acceptors (Lipinski definition) is 2. The van der Waals surface area contributed by atoms with Crippen molar-refractivity contribution >= 4 is 98.5 Å². The van der Waals surface area contributed by atoms with E-state index in [2.05, 4.69) is 433 Å². The first-order valence-corrected chi connectivity index (χ1v) is 53.0. The van der Waals surface area contributed by atoms with E-state index in [9.17, 15) is 0 Å². The molecule has 8 unspecified atom stereocenters. The van der Waals surface area contributed by atoms with Crippen LogP contribution >= 0.6 is 56.1 Å². The first-order valence-electron chi connectivity index (χ1n) is 43.6. The van der Waals surface area contributed by atoms with Crippen LogP contribution in [0.25, 0.3) is 0 Å². The van der Waals surface area contributed by atoms with E-state index in [0.29, 0.717) is 43.0 Å². The maximum absolute atomic E-state index is 2.61. The molecule has 4 aliphatic carbocycles. The summed E-state index contributed by atoms with van der Waals surface area (Å²) in [5.74, 6) is 3.28. The third-order valence-corrected chi connectivity index (χ3v) is 46.0. The van der Waals surface area contributed by atoms with Crippen molar-refractivity contribution in [2.75, 3.05) is 28.2 Å². The number of nitrogens with zero attached hydrogens (tertiary/aromatic N) is 2. The fourth-order valence-electron chi connectivity index (χ4n) is 21.0. The van der Waals surface area contributed by atoms with Crippen LogP contribution in [0.1, 0.15) is 229 Å². The summed E-state index contributed by atoms with van der Waals surface area (Å²) in [4.78, 5) is 4.82. The Hall–Kier alpha value is -2.27. The molecular weight excluding hydrogens is 1650 g/mol. The van der Waals surface area contributed by atoms with Crippen molar-refractivity contribution in [3.8, 4) is 0 Å². The molecule has 8 aromatic rings. The first kappa shape index (κ1) is 113. The summed E-state index contributed by atoms with van der Waals surface area (Å²) in [6, 6.07) is 91.8. The zero-order valence-corrected chi connectivity index (χ0v) is 88.9. The van der Waals surface area contributed by atoms with Crippen LogP contribution in [0.3, 0.4) is 0 Å². The molecular formula is C108H167Fe2N2P7. The molecule has 0 aromatic heterocycles. The molecule has 11 heteroatoms. The minimum Gasteiger partial charge on any atom is -0.358 e. The van der Waals surface area contributed by atoms with E-state index < -0.39 is 0 Å². The van der Waals surface area contributed by atoms with Crippen LogP contribution in [0.4, 0.5) is 0 Å². The number of benzene rings is 8. The Balaban J connectivity index is 0.000000513.